The van der Waals surface area contributed by atoms with Crippen molar-refractivity contribution in [3.63, 3.8) is 0 Å². The monoisotopic (exact) mass is 382 g/mol. The summed E-state index contributed by atoms with van der Waals surface area (Å²) in [7, 11) is 0. The van der Waals surface area contributed by atoms with Crippen molar-refractivity contribution in [3.05, 3.63) is 53.6 Å². The summed E-state index contributed by atoms with van der Waals surface area (Å²) in [6.45, 7) is 4.16. The Labute approximate surface area is 163 Å². The number of rotatable bonds is 4. The zero-order valence-corrected chi connectivity index (χ0v) is 16.1. The molecule has 0 N–H and O–H groups in total. The summed E-state index contributed by atoms with van der Waals surface area (Å²) in [4.78, 5) is 19.7. The molecule has 0 spiro atoms. The first-order chi connectivity index (χ1) is 13.2. The Morgan fingerprint density at radius 3 is 2.78 bits per heavy atom. The average Bonchev–Trinajstić information content (AvgIpc) is 2.72. The predicted molar refractivity (Wildman–Crippen MR) is 110 cm³/mol. The molecule has 0 saturated heterocycles. The molecule has 2 aliphatic rings. The Balaban J connectivity index is 1.61. The number of anilines is 1. The number of amidine groups is 1. The number of carbonyl (C=O) groups is 1. The van der Waals surface area contributed by atoms with Crippen LogP contribution < -0.4 is 14.4 Å². The second-order valence-electron chi connectivity index (χ2n) is 6.57. The predicted octanol–water partition coefficient (Wildman–Crippen LogP) is 3.95. The van der Waals surface area contributed by atoms with Crippen LogP contribution in [0.15, 0.2) is 47.5 Å². The number of ether oxygens (including phenoxy) is 2. The van der Waals surface area contributed by atoms with E-state index in [9.17, 15) is 4.79 Å². The number of aliphatic imine (C=N–C) groups is 1. The lowest BCUT2D eigenvalue weighted by atomic mass is 10.1. The number of aryl methyl sites for hydroxylation is 1. The van der Waals surface area contributed by atoms with Crippen molar-refractivity contribution >= 4 is 28.4 Å². The van der Waals surface area contributed by atoms with Gasteiger partial charge >= 0.3 is 0 Å². The van der Waals surface area contributed by atoms with Crippen molar-refractivity contribution in [2.75, 3.05) is 37.0 Å². The number of hydrogen-bond acceptors (Lipinski definition) is 6. The van der Waals surface area contributed by atoms with Crippen LogP contribution in [0.1, 0.15) is 22.3 Å². The molecule has 140 valence electrons. The molecule has 6 heteroatoms. The number of thioether (sulfide) groups is 1. The molecule has 0 aromatic heterocycles. The molecule has 0 fully saturated rings. The number of nitrogens with zero attached hydrogens (tertiary/aromatic N) is 2. The van der Waals surface area contributed by atoms with E-state index in [1.807, 2.05) is 23.1 Å². The summed E-state index contributed by atoms with van der Waals surface area (Å²) in [5.41, 5.74) is 2.78. The van der Waals surface area contributed by atoms with Gasteiger partial charge in [-0.3, -0.25) is 9.79 Å². The van der Waals surface area contributed by atoms with Gasteiger partial charge in [0.05, 0.1) is 6.54 Å². The molecule has 2 aromatic rings. The number of carbonyl (C=O) groups excluding carboxylic acids is 1. The second kappa shape index (κ2) is 8.05. The van der Waals surface area contributed by atoms with Gasteiger partial charge in [0.2, 0.25) is 0 Å². The quantitative estimate of drug-likeness (QED) is 0.750. The van der Waals surface area contributed by atoms with Crippen LogP contribution in [0.3, 0.4) is 0 Å². The smallest absolute Gasteiger partial charge is 0.182 e. The van der Waals surface area contributed by atoms with Gasteiger partial charge < -0.3 is 14.4 Å². The van der Waals surface area contributed by atoms with Gasteiger partial charge in [-0.1, -0.05) is 23.9 Å². The van der Waals surface area contributed by atoms with Crippen molar-refractivity contribution in [1.29, 1.82) is 0 Å². The Morgan fingerprint density at radius 1 is 1.15 bits per heavy atom. The SMILES string of the molecule is Cc1cccc(N(CC(=O)c2ccc3c(c2)OCCO3)C2=NCCCS2)c1. The summed E-state index contributed by atoms with van der Waals surface area (Å²) < 4.78 is 11.2. The first-order valence-electron chi connectivity index (χ1n) is 9.15. The molecule has 0 amide bonds. The maximum Gasteiger partial charge on any atom is 0.182 e. The van der Waals surface area contributed by atoms with E-state index < -0.39 is 0 Å². The summed E-state index contributed by atoms with van der Waals surface area (Å²) in [6.07, 6.45) is 1.08. The van der Waals surface area contributed by atoms with E-state index in [0.29, 0.717) is 30.3 Å². The largest absolute Gasteiger partial charge is 0.486 e. The van der Waals surface area contributed by atoms with E-state index in [4.69, 9.17) is 9.47 Å². The molecule has 0 bridgehead atoms. The number of benzene rings is 2. The highest BCUT2D eigenvalue weighted by molar-refractivity contribution is 8.14. The molecular formula is C21H22N2O3S. The van der Waals surface area contributed by atoms with Crippen LogP contribution in [0.2, 0.25) is 0 Å². The lowest BCUT2D eigenvalue weighted by Crippen LogP contribution is -2.35. The molecule has 2 aromatic carbocycles. The maximum absolute atomic E-state index is 13.0. The van der Waals surface area contributed by atoms with E-state index in [1.165, 1.54) is 0 Å². The lowest BCUT2D eigenvalue weighted by Gasteiger charge is -2.27. The first-order valence-corrected chi connectivity index (χ1v) is 10.1. The summed E-state index contributed by atoms with van der Waals surface area (Å²) >= 11 is 1.71. The Morgan fingerprint density at radius 2 is 2.00 bits per heavy atom. The Bertz CT molecular complexity index is 881. The summed E-state index contributed by atoms with van der Waals surface area (Å²) in [5.74, 6) is 2.39. The highest BCUT2D eigenvalue weighted by atomic mass is 32.2. The minimum absolute atomic E-state index is 0.0300. The third kappa shape index (κ3) is 4.11. The van der Waals surface area contributed by atoms with Crippen molar-refractivity contribution < 1.29 is 14.3 Å². The standard InChI is InChI=1S/C21H22N2O3S/c1-15-4-2-5-17(12-15)23(21-22-8-3-11-27-21)14-18(24)16-6-7-19-20(13-16)26-10-9-25-19/h2,4-7,12-13H,3,8-11,14H2,1H3. The van der Waals surface area contributed by atoms with Crippen LogP contribution in [-0.2, 0) is 0 Å². The average molecular weight is 382 g/mol. The van der Waals surface area contributed by atoms with Crippen LogP contribution >= 0.6 is 11.8 Å². The molecule has 0 saturated carbocycles. The van der Waals surface area contributed by atoms with Crippen molar-refractivity contribution in [2.45, 2.75) is 13.3 Å². The highest BCUT2D eigenvalue weighted by Gasteiger charge is 2.22. The molecule has 0 unspecified atom stereocenters. The van der Waals surface area contributed by atoms with Gasteiger partial charge in [-0.2, -0.15) is 0 Å². The van der Waals surface area contributed by atoms with Gasteiger partial charge in [-0.15, -0.1) is 0 Å². The van der Waals surface area contributed by atoms with E-state index >= 15 is 0 Å². The van der Waals surface area contributed by atoms with Gasteiger partial charge in [-0.25, -0.2) is 0 Å². The molecule has 27 heavy (non-hydrogen) atoms. The van der Waals surface area contributed by atoms with Crippen LogP contribution in [0.4, 0.5) is 5.69 Å². The fourth-order valence-corrected chi connectivity index (χ4v) is 4.09. The van der Waals surface area contributed by atoms with E-state index in [0.717, 1.165) is 35.1 Å². The molecule has 4 rings (SSSR count). The third-order valence-corrected chi connectivity index (χ3v) is 5.59. The number of Topliss-reactive ketones (excluding diaryl/α,β-unsaturated/α-hetero) is 1. The molecule has 5 nitrogen and oxygen atoms in total. The third-order valence-electron chi connectivity index (χ3n) is 4.49. The number of hydrogen-bond donors (Lipinski definition) is 0. The lowest BCUT2D eigenvalue weighted by molar-refractivity contribution is 0.100. The van der Waals surface area contributed by atoms with Crippen molar-refractivity contribution in [1.82, 2.24) is 0 Å². The zero-order valence-electron chi connectivity index (χ0n) is 15.3. The summed E-state index contributed by atoms with van der Waals surface area (Å²) in [5, 5.41) is 0.915. The van der Waals surface area contributed by atoms with Gasteiger partial charge in [0, 0.05) is 23.5 Å². The van der Waals surface area contributed by atoms with Crippen molar-refractivity contribution in [2.24, 2.45) is 4.99 Å². The highest BCUT2D eigenvalue weighted by Crippen LogP contribution is 2.31. The molecule has 0 radical (unpaired) electrons. The van der Waals surface area contributed by atoms with Crippen LogP contribution in [0.25, 0.3) is 0 Å². The van der Waals surface area contributed by atoms with Gasteiger partial charge in [0.15, 0.2) is 22.4 Å². The molecule has 2 aliphatic heterocycles. The van der Waals surface area contributed by atoms with Crippen LogP contribution in [-0.4, -0.2) is 43.0 Å². The normalized spacial score (nSPS) is 15.8. The van der Waals surface area contributed by atoms with Gasteiger partial charge in [-0.05, 0) is 49.2 Å². The Kier molecular flexibility index (Phi) is 5.34. The molecule has 2 heterocycles. The van der Waals surface area contributed by atoms with E-state index in [2.05, 4.69) is 24.0 Å². The maximum atomic E-state index is 13.0. The molecule has 0 aliphatic carbocycles. The molecular weight excluding hydrogens is 360 g/mol. The van der Waals surface area contributed by atoms with Gasteiger partial charge in [0.1, 0.15) is 13.2 Å². The summed E-state index contributed by atoms with van der Waals surface area (Å²) in [6, 6.07) is 13.6. The zero-order chi connectivity index (χ0) is 18.6. The van der Waals surface area contributed by atoms with E-state index in [1.54, 1.807) is 23.9 Å². The fourth-order valence-electron chi connectivity index (χ4n) is 3.13. The fraction of sp³-hybridized carbons (Fsp3) is 0.333. The molecule has 0 atom stereocenters. The number of fused-ring (bicyclic) bond motifs is 1. The second-order valence-corrected chi connectivity index (χ2v) is 7.64. The minimum Gasteiger partial charge on any atom is -0.486 e. The number of ketones is 1. The first kappa shape index (κ1) is 17.9. The van der Waals surface area contributed by atoms with Crippen LogP contribution in [0.5, 0.6) is 11.5 Å². The van der Waals surface area contributed by atoms with E-state index in [-0.39, 0.29) is 12.3 Å². The van der Waals surface area contributed by atoms with Gasteiger partial charge in [0.25, 0.3) is 0 Å². The Hall–Kier alpha value is -2.47. The minimum atomic E-state index is 0.0300. The van der Waals surface area contributed by atoms with Crippen LogP contribution in [0, 0.1) is 6.92 Å². The topological polar surface area (TPSA) is 51.1 Å². The van der Waals surface area contributed by atoms with Crippen molar-refractivity contribution in [3.8, 4) is 11.5 Å².